The average Bonchev–Trinajstić information content (AvgIpc) is 2.72. The number of halogens is 2. The first kappa shape index (κ1) is 19.6. The van der Waals surface area contributed by atoms with Gasteiger partial charge in [-0.15, -0.1) is 11.3 Å². The summed E-state index contributed by atoms with van der Waals surface area (Å²) in [7, 11) is -1.83. The van der Waals surface area contributed by atoms with Crippen molar-refractivity contribution >= 4 is 59.9 Å². The van der Waals surface area contributed by atoms with E-state index in [4.69, 9.17) is 16.0 Å². The summed E-state index contributed by atoms with van der Waals surface area (Å²) in [5.41, 5.74) is 0.930. The summed E-state index contributed by atoms with van der Waals surface area (Å²) in [6.45, 7) is 13.3. The zero-order valence-electron chi connectivity index (χ0n) is 13.7. The zero-order chi connectivity index (χ0) is 16.3. The van der Waals surface area contributed by atoms with E-state index in [1.165, 1.54) is 0 Å². The highest BCUT2D eigenvalue weighted by Crippen LogP contribution is 2.39. The van der Waals surface area contributed by atoms with Crippen LogP contribution in [0.2, 0.25) is 18.1 Å². The normalized spacial score (nSPS) is 15.3. The molecule has 0 aliphatic carbocycles. The highest BCUT2D eigenvalue weighted by molar-refractivity contribution is 14.1. The molecule has 1 atom stereocenters. The summed E-state index contributed by atoms with van der Waals surface area (Å²) in [6.07, 6.45) is 2.87. The Balaban J connectivity index is 2.93. The van der Waals surface area contributed by atoms with Crippen molar-refractivity contribution in [2.75, 3.05) is 4.43 Å². The van der Waals surface area contributed by atoms with Gasteiger partial charge in [-0.2, -0.15) is 0 Å². The van der Waals surface area contributed by atoms with E-state index in [2.05, 4.69) is 61.4 Å². The summed E-state index contributed by atoms with van der Waals surface area (Å²) in [5, 5.41) is 4.04. The molecular formula is C15H25ClINOSSi. The predicted octanol–water partition coefficient (Wildman–Crippen LogP) is 6.25. The Bertz CT molecular complexity index is 496. The van der Waals surface area contributed by atoms with Crippen LogP contribution in [-0.4, -0.2) is 23.8 Å². The van der Waals surface area contributed by atoms with Gasteiger partial charge in [0.25, 0.3) is 0 Å². The van der Waals surface area contributed by atoms with Gasteiger partial charge in [0.15, 0.2) is 8.32 Å². The van der Waals surface area contributed by atoms with Crippen LogP contribution in [0.15, 0.2) is 10.4 Å². The van der Waals surface area contributed by atoms with Crippen molar-refractivity contribution in [2.24, 2.45) is 0 Å². The van der Waals surface area contributed by atoms with E-state index >= 15 is 0 Å². The SMILES string of the molecule is Cc1nc(C=C(Cl)[C@H](CCI)O[Si](C)(C)C(C)(C)C)cs1. The van der Waals surface area contributed by atoms with Crippen LogP contribution < -0.4 is 0 Å². The van der Waals surface area contributed by atoms with E-state index in [0.29, 0.717) is 0 Å². The Labute approximate surface area is 152 Å². The van der Waals surface area contributed by atoms with E-state index in [-0.39, 0.29) is 11.1 Å². The highest BCUT2D eigenvalue weighted by atomic mass is 127. The van der Waals surface area contributed by atoms with Gasteiger partial charge in [-0.25, -0.2) is 4.98 Å². The molecule has 0 radical (unpaired) electrons. The van der Waals surface area contributed by atoms with E-state index in [1.54, 1.807) is 11.3 Å². The monoisotopic (exact) mass is 457 g/mol. The van der Waals surface area contributed by atoms with Crippen molar-refractivity contribution < 1.29 is 4.43 Å². The quantitative estimate of drug-likeness (QED) is 0.286. The lowest BCUT2D eigenvalue weighted by molar-refractivity contribution is 0.219. The number of rotatable bonds is 6. The molecule has 6 heteroatoms. The van der Waals surface area contributed by atoms with Crippen molar-refractivity contribution in [1.82, 2.24) is 4.98 Å². The Kier molecular flexibility index (Phi) is 7.38. The van der Waals surface area contributed by atoms with E-state index in [1.807, 2.05) is 18.4 Å². The molecule has 1 heterocycles. The zero-order valence-corrected chi connectivity index (χ0v) is 18.4. The first-order chi connectivity index (χ1) is 9.56. The summed E-state index contributed by atoms with van der Waals surface area (Å²) >= 11 is 10.6. The Hall–Kier alpha value is 0.567. The van der Waals surface area contributed by atoms with Crippen LogP contribution in [0.25, 0.3) is 6.08 Å². The summed E-state index contributed by atoms with van der Waals surface area (Å²) < 4.78 is 7.52. The molecule has 0 aliphatic rings. The van der Waals surface area contributed by atoms with Crippen molar-refractivity contribution in [1.29, 1.82) is 0 Å². The largest absolute Gasteiger partial charge is 0.409 e. The molecule has 2 nitrogen and oxygen atoms in total. The lowest BCUT2D eigenvalue weighted by Crippen LogP contribution is -2.44. The van der Waals surface area contributed by atoms with Crippen LogP contribution >= 0.6 is 45.5 Å². The van der Waals surface area contributed by atoms with Gasteiger partial charge >= 0.3 is 0 Å². The third-order valence-corrected chi connectivity index (χ3v) is 10.1. The van der Waals surface area contributed by atoms with Crippen molar-refractivity contribution in [3.05, 3.63) is 21.1 Å². The van der Waals surface area contributed by atoms with E-state index in [0.717, 1.165) is 26.6 Å². The van der Waals surface area contributed by atoms with Crippen molar-refractivity contribution in [2.45, 2.75) is 58.4 Å². The smallest absolute Gasteiger partial charge is 0.192 e. The number of aromatic nitrogens is 1. The molecule has 0 aromatic carbocycles. The molecule has 0 fully saturated rings. The molecule has 1 aromatic heterocycles. The van der Waals surface area contributed by atoms with Crippen LogP contribution in [-0.2, 0) is 4.43 Å². The minimum absolute atomic E-state index is 0.0218. The predicted molar refractivity (Wildman–Crippen MR) is 106 cm³/mol. The van der Waals surface area contributed by atoms with Crippen LogP contribution in [0.4, 0.5) is 0 Å². The maximum atomic E-state index is 6.55. The van der Waals surface area contributed by atoms with Crippen LogP contribution in [0.3, 0.4) is 0 Å². The summed E-state index contributed by atoms with van der Waals surface area (Å²) in [5.74, 6) is 0. The van der Waals surface area contributed by atoms with Gasteiger partial charge in [0.2, 0.25) is 0 Å². The van der Waals surface area contributed by atoms with Gasteiger partial charge < -0.3 is 4.43 Å². The molecule has 1 aromatic rings. The Morgan fingerprint density at radius 3 is 2.57 bits per heavy atom. The second-order valence-electron chi connectivity index (χ2n) is 6.67. The van der Waals surface area contributed by atoms with Crippen LogP contribution in [0.5, 0.6) is 0 Å². The molecule has 1 rings (SSSR count). The second kappa shape index (κ2) is 7.90. The minimum atomic E-state index is -1.83. The summed E-state index contributed by atoms with van der Waals surface area (Å²) in [6, 6.07) is 0. The molecule has 120 valence electrons. The Morgan fingerprint density at radius 1 is 1.52 bits per heavy atom. The number of thiazole rings is 1. The first-order valence-corrected chi connectivity index (χ1v) is 12.8. The molecule has 21 heavy (non-hydrogen) atoms. The highest BCUT2D eigenvalue weighted by Gasteiger charge is 2.39. The third-order valence-electron chi connectivity index (χ3n) is 3.84. The van der Waals surface area contributed by atoms with Gasteiger partial charge in [0.1, 0.15) is 0 Å². The number of hydrogen-bond donors (Lipinski definition) is 0. The maximum Gasteiger partial charge on any atom is 0.192 e. The molecule has 0 amide bonds. The number of alkyl halides is 1. The fourth-order valence-electron chi connectivity index (χ4n) is 1.57. The van der Waals surface area contributed by atoms with Gasteiger partial charge in [-0.05, 0) is 37.6 Å². The van der Waals surface area contributed by atoms with Crippen LogP contribution in [0.1, 0.15) is 37.9 Å². The van der Waals surface area contributed by atoms with Gasteiger partial charge in [-0.1, -0.05) is 55.0 Å². The number of hydrogen-bond acceptors (Lipinski definition) is 3. The van der Waals surface area contributed by atoms with Crippen LogP contribution in [0, 0.1) is 6.92 Å². The third kappa shape index (κ3) is 5.93. The van der Waals surface area contributed by atoms with Gasteiger partial charge in [0.05, 0.1) is 16.8 Å². The fourth-order valence-corrected chi connectivity index (χ4v) is 4.35. The number of nitrogens with zero attached hydrogens (tertiary/aromatic N) is 1. The first-order valence-electron chi connectivity index (χ1n) is 7.10. The maximum absolute atomic E-state index is 6.55. The van der Waals surface area contributed by atoms with Crippen molar-refractivity contribution in [3.8, 4) is 0 Å². The molecule has 0 spiro atoms. The molecule has 0 N–H and O–H groups in total. The fraction of sp³-hybridized carbons (Fsp3) is 0.667. The average molecular weight is 458 g/mol. The minimum Gasteiger partial charge on any atom is -0.409 e. The molecule has 0 bridgehead atoms. The summed E-state index contributed by atoms with van der Waals surface area (Å²) in [4.78, 5) is 4.45. The topological polar surface area (TPSA) is 22.1 Å². The lowest BCUT2D eigenvalue weighted by Gasteiger charge is -2.39. The van der Waals surface area contributed by atoms with E-state index in [9.17, 15) is 0 Å². The number of aryl methyl sites for hydroxylation is 1. The molecule has 0 unspecified atom stereocenters. The Morgan fingerprint density at radius 2 is 2.14 bits per heavy atom. The van der Waals surface area contributed by atoms with E-state index < -0.39 is 8.32 Å². The van der Waals surface area contributed by atoms with Gasteiger partial charge in [-0.3, -0.25) is 0 Å². The van der Waals surface area contributed by atoms with Crippen molar-refractivity contribution in [3.63, 3.8) is 0 Å². The second-order valence-corrected chi connectivity index (χ2v) is 14.0. The molecule has 0 saturated carbocycles. The van der Waals surface area contributed by atoms with Gasteiger partial charge in [0, 0.05) is 14.8 Å². The lowest BCUT2D eigenvalue weighted by atomic mass is 10.2. The standard InChI is InChI=1S/C15H25ClINOSSi/c1-11-18-12(10-20-11)9-13(16)14(7-8-17)19-21(5,6)15(2,3)4/h9-10,14H,7-8H2,1-6H3/t14-/m0/s1. The molecular weight excluding hydrogens is 433 g/mol. The molecule has 0 aliphatic heterocycles. The molecule has 0 saturated heterocycles.